The monoisotopic (exact) mass is 796 g/mol. The van der Waals surface area contributed by atoms with E-state index in [1.54, 1.807) is 0 Å². The number of aliphatic hydroxyl groups excluding tert-OH is 4. The molecule has 0 aliphatic carbocycles. The van der Waals surface area contributed by atoms with Gasteiger partial charge in [0.05, 0.1) is 25.4 Å². The van der Waals surface area contributed by atoms with Crippen LogP contribution in [-0.2, 0) is 28.9 Å². The van der Waals surface area contributed by atoms with Crippen molar-refractivity contribution in [3.05, 3.63) is 0 Å². The standard InChI is InChI=1S/C41H81NO11S/c1-3-5-7-9-11-13-15-16-17-18-19-20-21-23-25-27-29-31-37(45)42-34(35(44)30-28-26-24-22-14-12-10-8-6-4-2)33-51-41-39(47)40(53-54(48,49)50)38(46)36(32-43)52-41/h34-36,38-41,43-44,46-47H,3-33H2,1-2H3,(H,42,45)(H,48,49,50). The molecule has 54 heavy (non-hydrogen) atoms. The van der Waals surface area contributed by atoms with Crippen molar-refractivity contribution >= 4 is 16.3 Å². The van der Waals surface area contributed by atoms with Gasteiger partial charge in [0.15, 0.2) is 6.29 Å². The fourth-order valence-corrected chi connectivity index (χ4v) is 7.73. The van der Waals surface area contributed by atoms with Gasteiger partial charge >= 0.3 is 10.4 Å². The molecule has 0 radical (unpaired) electrons. The van der Waals surface area contributed by atoms with Crippen molar-refractivity contribution in [3.8, 4) is 0 Å². The maximum atomic E-state index is 13.0. The number of amides is 1. The van der Waals surface area contributed by atoms with E-state index in [1.165, 1.54) is 122 Å². The zero-order chi connectivity index (χ0) is 39.9. The zero-order valence-corrected chi connectivity index (χ0v) is 34.9. The van der Waals surface area contributed by atoms with Crippen LogP contribution in [0, 0.1) is 0 Å². The van der Waals surface area contributed by atoms with E-state index in [0.717, 1.165) is 51.4 Å². The van der Waals surface area contributed by atoms with Gasteiger partial charge in [-0.25, -0.2) is 4.18 Å². The Morgan fingerprint density at radius 2 is 1.07 bits per heavy atom. The second-order valence-corrected chi connectivity index (χ2v) is 16.7. The first kappa shape index (κ1) is 51.1. The highest BCUT2D eigenvalue weighted by molar-refractivity contribution is 7.80. The molecular weight excluding hydrogens is 715 g/mol. The summed E-state index contributed by atoms with van der Waals surface area (Å²) in [6.07, 6.45) is 24.0. The van der Waals surface area contributed by atoms with Crippen molar-refractivity contribution in [3.63, 3.8) is 0 Å². The van der Waals surface area contributed by atoms with Crippen LogP contribution >= 0.6 is 0 Å². The van der Waals surface area contributed by atoms with Crippen LogP contribution < -0.4 is 5.32 Å². The number of hydrogen-bond donors (Lipinski definition) is 6. The average molecular weight is 796 g/mol. The van der Waals surface area contributed by atoms with Gasteiger partial charge in [-0.05, 0) is 12.8 Å². The maximum absolute atomic E-state index is 13.0. The van der Waals surface area contributed by atoms with Crippen molar-refractivity contribution < 1.29 is 51.8 Å². The first-order valence-corrected chi connectivity index (χ1v) is 23.3. The molecule has 1 fully saturated rings. The van der Waals surface area contributed by atoms with Crippen LogP contribution in [-0.4, -0.2) is 95.4 Å². The van der Waals surface area contributed by atoms with Gasteiger partial charge in [-0.1, -0.05) is 181 Å². The van der Waals surface area contributed by atoms with E-state index in [-0.39, 0.29) is 12.5 Å². The SMILES string of the molecule is CCCCCCCCCCCCCCCCCCCC(=O)NC(COC1OC(CO)C(O)C(OS(=O)(=O)O)C1O)C(O)CCCCCCCCCCCC. The Kier molecular flexibility index (Phi) is 31.3. The van der Waals surface area contributed by atoms with Crippen molar-refractivity contribution in [2.45, 2.75) is 243 Å². The second kappa shape index (κ2) is 33.1. The lowest BCUT2D eigenvalue weighted by Gasteiger charge is -2.41. The molecule has 1 saturated heterocycles. The lowest BCUT2D eigenvalue weighted by molar-refractivity contribution is -0.298. The molecule has 322 valence electrons. The minimum absolute atomic E-state index is 0.229. The lowest BCUT2D eigenvalue weighted by atomic mass is 9.99. The summed E-state index contributed by atoms with van der Waals surface area (Å²) < 4.78 is 47.5. The third-order valence-electron chi connectivity index (χ3n) is 10.7. The molecule has 1 aliphatic rings. The Morgan fingerprint density at radius 1 is 0.667 bits per heavy atom. The van der Waals surface area contributed by atoms with Crippen LogP contribution in [0.4, 0.5) is 0 Å². The van der Waals surface area contributed by atoms with E-state index >= 15 is 0 Å². The van der Waals surface area contributed by atoms with E-state index in [4.69, 9.17) is 14.0 Å². The molecule has 0 bridgehead atoms. The molecule has 0 aromatic heterocycles. The molecule has 1 heterocycles. The molecule has 6 N–H and O–H groups in total. The summed E-state index contributed by atoms with van der Waals surface area (Å²) in [5, 5.41) is 44.7. The molecule has 7 unspecified atom stereocenters. The van der Waals surface area contributed by atoms with E-state index in [9.17, 15) is 33.6 Å². The fraction of sp³-hybridized carbons (Fsp3) is 0.976. The number of unbranched alkanes of at least 4 members (excludes halogenated alkanes) is 25. The third-order valence-corrected chi connectivity index (χ3v) is 11.1. The number of nitrogens with one attached hydrogen (secondary N) is 1. The summed E-state index contributed by atoms with van der Waals surface area (Å²) >= 11 is 0. The van der Waals surface area contributed by atoms with Crippen LogP contribution in [0.2, 0.25) is 0 Å². The van der Waals surface area contributed by atoms with Gasteiger partial charge in [0, 0.05) is 6.42 Å². The van der Waals surface area contributed by atoms with Crippen LogP contribution in [0.1, 0.15) is 200 Å². The third kappa shape index (κ3) is 26.1. The summed E-state index contributed by atoms with van der Waals surface area (Å²) in [4.78, 5) is 13.0. The highest BCUT2D eigenvalue weighted by Crippen LogP contribution is 2.26. The number of hydrogen-bond acceptors (Lipinski definition) is 10. The van der Waals surface area contributed by atoms with E-state index in [0.29, 0.717) is 12.8 Å². The highest BCUT2D eigenvalue weighted by atomic mass is 32.3. The van der Waals surface area contributed by atoms with Crippen molar-refractivity contribution in [2.75, 3.05) is 13.2 Å². The first-order chi connectivity index (χ1) is 26.0. The molecular formula is C41H81NO11S. The van der Waals surface area contributed by atoms with Crippen LogP contribution in [0.5, 0.6) is 0 Å². The maximum Gasteiger partial charge on any atom is 0.397 e. The molecule has 1 amide bonds. The normalized spacial score (nSPS) is 21.6. The van der Waals surface area contributed by atoms with Gasteiger partial charge in [-0.3, -0.25) is 9.35 Å². The van der Waals surface area contributed by atoms with Crippen LogP contribution in [0.15, 0.2) is 0 Å². The predicted molar refractivity (Wildman–Crippen MR) is 213 cm³/mol. The number of carbonyl (C=O) groups excluding carboxylic acids is 1. The van der Waals surface area contributed by atoms with E-state index in [1.807, 2.05) is 0 Å². The zero-order valence-electron chi connectivity index (χ0n) is 34.1. The van der Waals surface area contributed by atoms with Gasteiger partial charge in [0.25, 0.3) is 0 Å². The Balaban J connectivity index is 2.48. The lowest BCUT2D eigenvalue weighted by Crippen LogP contribution is -2.61. The number of aliphatic hydroxyl groups is 4. The summed E-state index contributed by atoms with van der Waals surface area (Å²) in [7, 11) is -5.07. The summed E-state index contributed by atoms with van der Waals surface area (Å²) in [5.74, 6) is -0.229. The Morgan fingerprint density at radius 3 is 1.48 bits per heavy atom. The van der Waals surface area contributed by atoms with Gasteiger partial charge in [-0.2, -0.15) is 8.42 Å². The molecule has 0 spiro atoms. The summed E-state index contributed by atoms with van der Waals surface area (Å²) in [5.41, 5.74) is 0. The highest BCUT2D eigenvalue weighted by Gasteiger charge is 2.48. The summed E-state index contributed by atoms with van der Waals surface area (Å²) in [6.45, 7) is 3.42. The van der Waals surface area contributed by atoms with Crippen molar-refractivity contribution in [1.29, 1.82) is 0 Å². The molecule has 1 aliphatic heterocycles. The first-order valence-electron chi connectivity index (χ1n) is 21.9. The fourth-order valence-electron chi connectivity index (χ4n) is 7.22. The van der Waals surface area contributed by atoms with Gasteiger partial charge < -0.3 is 35.2 Å². The van der Waals surface area contributed by atoms with Crippen LogP contribution in [0.25, 0.3) is 0 Å². The number of rotatable bonds is 37. The molecule has 0 saturated carbocycles. The molecule has 1 rings (SSSR count). The quantitative estimate of drug-likeness (QED) is 0.0265. The van der Waals surface area contributed by atoms with Gasteiger partial charge in [-0.15, -0.1) is 0 Å². The Bertz CT molecular complexity index is 988. The molecule has 12 nitrogen and oxygen atoms in total. The number of ether oxygens (including phenoxy) is 2. The molecule has 7 atom stereocenters. The summed E-state index contributed by atoms with van der Waals surface area (Å²) in [6, 6.07) is -0.849. The van der Waals surface area contributed by atoms with Crippen molar-refractivity contribution in [1.82, 2.24) is 5.32 Å². The van der Waals surface area contributed by atoms with E-state index < -0.39 is 59.9 Å². The van der Waals surface area contributed by atoms with Gasteiger partial charge in [0.2, 0.25) is 5.91 Å². The topological polar surface area (TPSA) is 192 Å². The largest absolute Gasteiger partial charge is 0.397 e. The van der Waals surface area contributed by atoms with Crippen molar-refractivity contribution in [2.24, 2.45) is 0 Å². The minimum Gasteiger partial charge on any atom is -0.394 e. The molecule has 13 heteroatoms. The van der Waals surface area contributed by atoms with E-state index in [2.05, 4.69) is 23.3 Å². The van der Waals surface area contributed by atoms with Crippen LogP contribution in [0.3, 0.4) is 0 Å². The Labute approximate surface area is 328 Å². The van der Waals surface area contributed by atoms with Gasteiger partial charge in [0.1, 0.15) is 24.4 Å². The Hall–Kier alpha value is -0.900. The smallest absolute Gasteiger partial charge is 0.394 e. The molecule has 0 aromatic rings. The molecule has 0 aromatic carbocycles. The predicted octanol–water partition coefficient (Wildman–Crippen LogP) is 7.83. The minimum atomic E-state index is -5.07. The number of carbonyl (C=O) groups is 1. The second-order valence-electron chi connectivity index (χ2n) is 15.6. The average Bonchev–Trinajstić information content (AvgIpc) is 3.14.